The average molecular weight is 776 g/mol. The molecule has 11 aromatic rings. The number of fused-ring (bicyclic) bond motifs is 14. The summed E-state index contributed by atoms with van der Waals surface area (Å²) in [6.07, 6.45) is 0. The highest BCUT2D eigenvalue weighted by Gasteiger charge is 2.51. The predicted octanol–water partition coefficient (Wildman–Crippen LogP) is 15.9. The summed E-state index contributed by atoms with van der Waals surface area (Å²) in [4.78, 5) is 2.47. The Bertz CT molecular complexity index is 3460. The molecule has 13 rings (SSSR count). The predicted molar refractivity (Wildman–Crippen MR) is 253 cm³/mol. The van der Waals surface area contributed by atoms with Crippen molar-refractivity contribution in [1.82, 2.24) is 0 Å². The van der Waals surface area contributed by atoms with Crippen LogP contribution in [0.2, 0.25) is 0 Å². The van der Waals surface area contributed by atoms with Crippen molar-refractivity contribution in [3.63, 3.8) is 0 Å². The number of benzene rings is 10. The molecule has 1 spiro atoms. The number of nitrogens with zero attached hydrogens (tertiary/aromatic N) is 1. The number of anilines is 3. The van der Waals surface area contributed by atoms with Crippen LogP contribution in [0.1, 0.15) is 22.3 Å². The molecule has 1 heterocycles. The fourth-order valence-corrected chi connectivity index (χ4v) is 10.6. The molecule has 2 heteroatoms. The number of hydrogen-bond donors (Lipinski definition) is 0. The molecule has 0 fully saturated rings. The van der Waals surface area contributed by atoms with Crippen LogP contribution in [-0.4, -0.2) is 0 Å². The van der Waals surface area contributed by atoms with E-state index in [2.05, 4.69) is 229 Å². The number of furan rings is 1. The van der Waals surface area contributed by atoms with E-state index in [1.807, 2.05) is 0 Å². The van der Waals surface area contributed by atoms with E-state index < -0.39 is 5.41 Å². The molecule has 0 aliphatic heterocycles. The molecular weight excluding hydrogens is 739 g/mol. The Morgan fingerprint density at radius 3 is 1.43 bits per heavy atom. The maximum atomic E-state index is 6.74. The molecule has 0 N–H and O–H groups in total. The first kappa shape index (κ1) is 34.0. The normalized spacial score (nSPS) is 13.0. The van der Waals surface area contributed by atoms with Gasteiger partial charge in [-0.05, 0) is 121 Å². The molecule has 0 radical (unpaired) electrons. The van der Waals surface area contributed by atoms with Crippen molar-refractivity contribution < 1.29 is 4.42 Å². The maximum absolute atomic E-state index is 6.74. The van der Waals surface area contributed by atoms with Crippen LogP contribution < -0.4 is 4.90 Å². The van der Waals surface area contributed by atoms with Crippen LogP contribution >= 0.6 is 0 Å². The van der Waals surface area contributed by atoms with Crippen molar-refractivity contribution in [2.24, 2.45) is 0 Å². The second kappa shape index (κ2) is 13.0. The molecular formula is C59H37NO. The van der Waals surface area contributed by atoms with Gasteiger partial charge in [0.25, 0.3) is 0 Å². The Kier molecular flexibility index (Phi) is 7.26. The number of hydrogen-bond acceptors (Lipinski definition) is 2. The van der Waals surface area contributed by atoms with Gasteiger partial charge in [-0.2, -0.15) is 0 Å². The lowest BCUT2D eigenvalue weighted by molar-refractivity contribution is 0.669. The highest BCUT2D eigenvalue weighted by Crippen LogP contribution is 2.63. The number of rotatable bonds is 5. The third-order valence-corrected chi connectivity index (χ3v) is 13.3. The van der Waals surface area contributed by atoms with E-state index in [0.717, 1.165) is 50.1 Å². The van der Waals surface area contributed by atoms with Gasteiger partial charge in [-0.3, -0.25) is 0 Å². The van der Waals surface area contributed by atoms with Gasteiger partial charge in [0.1, 0.15) is 11.2 Å². The molecule has 284 valence electrons. The lowest BCUT2D eigenvalue weighted by Crippen LogP contribution is -2.26. The second-order valence-electron chi connectivity index (χ2n) is 16.4. The van der Waals surface area contributed by atoms with Crippen molar-refractivity contribution in [3.8, 4) is 44.5 Å². The molecule has 2 aliphatic rings. The summed E-state index contributed by atoms with van der Waals surface area (Å²) in [7, 11) is 0. The van der Waals surface area contributed by atoms with Gasteiger partial charge in [0.2, 0.25) is 0 Å². The van der Waals surface area contributed by atoms with E-state index in [4.69, 9.17) is 4.42 Å². The standard InChI is InChI=1S/C59H37NO/c1-3-15-38(16-4-1)39-27-29-43(30-28-39)60(56-36-51-50-33-41-19-7-8-20-42(41)34-57(50)61-58(51)37-49(56)40-17-5-2-6-18-40)44-31-32-48-47-23-11-14-26-54(47)59(55(48)35-44)52-24-12-9-21-45(52)46-22-10-13-25-53(46)59/h1-37H. The van der Waals surface area contributed by atoms with Crippen molar-refractivity contribution in [2.75, 3.05) is 4.90 Å². The van der Waals surface area contributed by atoms with Gasteiger partial charge < -0.3 is 9.32 Å². The van der Waals surface area contributed by atoms with Gasteiger partial charge in [-0.1, -0.05) is 176 Å². The molecule has 0 bridgehead atoms. The minimum Gasteiger partial charge on any atom is -0.456 e. The first-order valence-electron chi connectivity index (χ1n) is 21.1. The maximum Gasteiger partial charge on any atom is 0.136 e. The zero-order valence-electron chi connectivity index (χ0n) is 33.2. The zero-order valence-corrected chi connectivity index (χ0v) is 33.2. The first-order chi connectivity index (χ1) is 30.2. The minimum atomic E-state index is -0.466. The quantitative estimate of drug-likeness (QED) is 0.173. The van der Waals surface area contributed by atoms with Gasteiger partial charge >= 0.3 is 0 Å². The van der Waals surface area contributed by atoms with E-state index in [-0.39, 0.29) is 0 Å². The molecule has 0 saturated carbocycles. The van der Waals surface area contributed by atoms with Crippen molar-refractivity contribution >= 4 is 49.8 Å². The summed E-state index contributed by atoms with van der Waals surface area (Å²) in [5.41, 5.74) is 19.6. The van der Waals surface area contributed by atoms with Crippen molar-refractivity contribution in [3.05, 3.63) is 247 Å². The fraction of sp³-hybridized carbons (Fsp3) is 0.0169. The van der Waals surface area contributed by atoms with Gasteiger partial charge in [0, 0.05) is 27.7 Å². The van der Waals surface area contributed by atoms with Crippen LogP contribution in [0.25, 0.3) is 77.2 Å². The summed E-state index contributed by atoms with van der Waals surface area (Å²) in [5, 5.41) is 4.56. The highest BCUT2D eigenvalue weighted by atomic mass is 16.3. The fourth-order valence-electron chi connectivity index (χ4n) is 10.6. The van der Waals surface area contributed by atoms with Gasteiger partial charge in [-0.15, -0.1) is 0 Å². The smallest absolute Gasteiger partial charge is 0.136 e. The van der Waals surface area contributed by atoms with Crippen LogP contribution in [0.15, 0.2) is 229 Å². The molecule has 0 atom stereocenters. The minimum absolute atomic E-state index is 0.466. The zero-order chi connectivity index (χ0) is 40.1. The molecule has 0 unspecified atom stereocenters. The third-order valence-electron chi connectivity index (χ3n) is 13.3. The van der Waals surface area contributed by atoms with Gasteiger partial charge in [-0.25, -0.2) is 0 Å². The molecule has 0 saturated heterocycles. The summed E-state index contributed by atoms with van der Waals surface area (Å²) in [6, 6.07) is 82.4. The lowest BCUT2D eigenvalue weighted by Gasteiger charge is -2.33. The van der Waals surface area contributed by atoms with E-state index in [1.165, 1.54) is 66.4 Å². The molecule has 2 aliphatic carbocycles. The molecule has 0 amide bonds. The first-order valence-corrected chi connectivity index (χ1v) is 21.1. The second-order valence-corrected chi connectivity index (χ2v) is 16.4. The molecule has 2 nitrogen and oxygen atoms in total. The topological polar surface area (TPSA) is 16.4 Å². The van der Waals surface area contributed by atoms with Crippen LogP contribution in [-0.2, 0) is 5.41 Å². The van der Waals surface area contributed by atoms with E-state index in [1.54, 1.807) is 0 Å². The molecule has 61 heavy (non-hydrogen) atoms. The Hall–Kier alpha value is -7.94. The van der Waals surface area contributed by atoms with E-state index in [0.29, 0.717) is 0 Å². The summed E-state index contributed by atoms with van der Waals surface area (Å²) in [5.74, 6) is 0. The average Bonchev–Trinajstić information content (AvgIpc) is 3.94. The van der Waals surface area contributed by atoms with E-state index in [9.17, 15) is 0 Å². The van der Waals surface area contributed by atoms with Crippen LogP contribution in [0.3, 0.4) is 0 Å². The summed E-state index contributed by atoms with van der Waals surface area (Å²) < 4.78 is 6.74. The molecule has 1 aromatic heterocycles. The van der Waals surface area contributed by atoms with Crippen molar-refractivity contribution in [2.45, 2.75) is 5.41 Å². The Morgan fingerprint density at radius 1 is 0.311 bits per heavy atom. The Labute approximate surface area is 354 Å². The van der Waals surface area contributed by atoms with Crippen LogP contribution in [0.4, 0.5) is 17.1 Å². The SMILES string of the molecule is c1ccc(-c2ccc(N(c3ccc4c(c3)C3(c5ccccc5-c5ccccc53)c3ccccc3-4)c3cc4c(cc3-c3ccccc3)oc3cc5ccccc5cc34)cc2)cc1. The van der Waals surface area contributed by atoms with Gasteiger partial charge in [0.15, 0.2) is 0 Å². The van der Waals surface area contributed by atoms with Crippen LogP contribution in [0.5, 0.6) is 0 Å². The highest BCUT2D eigenvalue weighted by molar-refractivity contribution is 6.13. The van der Waals surface area contributed by atoms with Crippen molar-refractivity contribution in [1.29, 1.82) is 0 Å². The summed E-state index contributed by atoms with van der Waals surface area (Å²) in [6.45, 7) is 0. The lowest BCUT2D eigenvalue weighted by atomic mass is 9.70. The Morgan fingerprint density at radius 2 is 0.787 bits per heavy atom. The third kappa shape index (κ3) is 4.91. The van der Waals surface area contributed by atoms with Gasteiger partial charge in [0.05, 0.1) is 11.1 Å². The summed E-state index contributed by atoms with van der Waals surface area (Å²) >= 11 is 0. The monoisotopic (exact) mass is 775 g/mol. The Balaban J connectivity index is 1.11. The largest absolute Gasteiger partial charge is 0.456 e. The van der Waals surface area contributed by atoms with Crippen LogP contribution in [0, 0.1) is 0 Å². The van der Waals surface area contributed by atoms with E-state index >= 15 is 0 Å². The molecule has 10 aromatic carbocycles.